The van der Waals surface area contributed by atoms with E-state index in [-0.39, 0.29) is 39.1 Å². The molecule has 0 unspecified atom stereocenters. The van der Waals surface area contributed by atoms with E-state index in [1.807, 2.05) is 0 Å². The predicted octanol–water partition coefficient (Wildman–Crippen LogP) is -0.307. The third-order valence-electron chi connectivity index (χ3n) is 0. The molecule has 0 saturated carbocycles. The minimum atomic E-state index is -3.67. The fourth-order valence-corrected chi connectivity index (χ4v) is 0. The second kappa shape index (κ2) is 9.44. The van der Waals surface area contributed by atoms with E-state index in [0.29, 0.717) is 0 Å². The summed E-state index contributed by atoms with van der Waals surface area (Å²) in [5, 5.41) is 0. The van der Waals surface area contributed by atoms with E-state index in [9.17, 15) is 12.9 Å². The van der Waals surface area contributed by atoms with Gasteiger partial charge in [-0.2, -0.15) is 0 Å². The normalized spacial score (nSPS) is 4.50. The molecule has 0 radical (unpaired) electrons. The average Bonchev–Trinajstić information content (AvgIpc) is 0.811. The summed E-state index contributed by atoms with van der Waals surface area (Å²) in [4.78, 5) is 0. The quantitative estimate of drug-likeness (QED) is 0.411. The second-order valence-electron chi connectivity index (χ2n) is 0.247. The Morgan fingerprint density at radius 2 is 1.00 bits per heavy atom. The van der Waals surface area contributed by atoms with Gasteiger partial charge < -0.3 is 0 Å². The van der Waals surface area contributed by atoms with Gasteiger partial charge >= 0.3 is 7.54 Å². The van der Waals surface area contributed by atoms with Gasteiger partial charge in [-0.25, -0.2) is 0 Å². The largest absolute Gasteiger partial charge is 0.762 e. The molecule has 0 aliphatic rings. The SMILES string of the molecule is FB(F)F.[AlH3].[Ti]. The van der Waals surface area contributed by atoms with E-state index in [0.717, 1.165) is 0 Å². The van der Waals surface area contributed by atoms with Crippen LogP contribution in [-0.4, -0.2) is 24.9 Å². The third kappa shape index (κ3) is 70.7. The molecule has 0 heterocycles. The molecule has 0 bridgehead atoms. The van der Waals surface area contributed by atoms with Crippen LogP contribution in [0.15, 0.2) is 0 Å². The molecule has 6 heteroatoms. The van der Waals surface area contributed by atoms with E-state index in [2.05, 4.69) is 0 Å². The maximum atomic E-state index is 9.67. The second-order valence-corrected chi connectivity index (χ2v) is 0.247. The fraction of sp³-hybridized carbons (Fsp3) is 0. The van der Waals surface area contributed by atoms with Crippen molar-refractivity contribution in [3.63, 3.8) is 0 Å². The Hall–Kier alpha value is 1.10. The molecular weight excluding hydrogens is 143 g/mol. The van der Waals surface area contributed by atoms with Crippen LogP contribution in [0.3, 0.4) is 0 Å². The molecule has 0 aliphatic carbocycles. The number of hydrogen-bond acceptors (Lipinski definition) is 0. The number of halogens is 3. The first-order valence-corrected chi connectivity index (χ1v) is 0.655. The molecule has 0 rings (SSSR count). The van der Waals surface area contributed by atoms with Gasteiger partial charge in [0, 0.05) is 21.7 Å². The molecular formula is H3AlBF3Ti. The van der Waals surface area contributed by atoms with Crippen LogP contribution >= 0.6 is 0 Å². The van der Waals surface area contributed by atoms with Crippen molar-refractivity contribution in [1.29, 1.82) is 0 Å². The zero-order chi connectivity index (χ0) is 3.58. The maximum absolute atomic E-state index is 9.67. The Labute approximate surface area is 59.7 Å². The third-order valence-corrected chi connectivity index (χ3v) is 0. The van der Waals surface area contributed by atoms with Crippen molar-refractivity contribution in [1.82, 2.24) is 0 Å². The van der Waals surface area contributed by atoms with E-state index in [4.69, 9.17) is 0 Å². The standard InChI is InChI=1S/Al.BF3.Ti.3H/c;2-1(3)4;;;;. The van der Waals surface area contributed by atoms with Gasteiger partial charge in [0.05, 0.1) is 0 Å². The Bertz CT molecular complexity index is 15.5. The molecule has 0 saturated heterocycles. The summed E-state index contributed by atoms with van der Waals surface area (Å²) in [6, 6.07) is 0. The van der Waals surface area contributed by atoms with Gasteiger partial charge in [0.2, 0.25) is 0 Å². The van der Waals surface area contributed by atoms with Gasteiger partial charge in [0.1, 0.15) is 0 Å². The smallest absolute Gasteiger partial charge is 0.254 e. The van der Waals surface area contributed by atoms with Crippen LogP contribution in [0.1, 0.15) is 0 Å². The van der Waals surface area contributed by atoms with Crippen LogP contribution in [0.25, 0.3) is 0 Å². The molecule has 0 spiro atoms. The van der Waals surface area contributed by atoms with Crippen LogP contribution in [0.2, 0.25) is 0 Å². The molecule has 0 atom stereocenters. The summed E-state index contributed by atoms with van der Waals surface area (Å²) >= 11 is 0. The van der Waals surface area contributed by atoms with Crippen LogP contribution in [0.4, 0.5) is 12.9 Å². The van der Waals surface area contributed by atoms with Gasteiger partial charge in [-0.15, -0.1) is 0 Å². The van der Waals surface area contributed by atoms with Gasteiger partial charge in [-0.05, 0) is 0 Å². The zero-order valence-corrected chi connectivity index (χ0v) is 3.77. The van der Waals surface area contributed by atoms with Gasteiger partial charge in [0.15, 0.2) is 17.4 Å². The van der Waals surface area contributed by atoms with Crippen molar-refractivity contribution in [3.8, 4) is 0 Å². The monoisotopic (exact) mass is 146 g/mol. The molecule has 0 aromatic rings. The van der Waals surface area contributed by atoms with Crippen molar-refractivity contribution in [3.05, 3.63) is 0 Å². The maximum Gasteiger partial charge on any atom is 0.762 e. The van der Waals surface area contributed by atoms with Gasteiger partial charge in [-0.3, -0.25) is 12.9 Å². The van der Waals surface area contributed by atoms with Crippen molar-refractivity contribution in [2.24, 2.45) is 0 Å². The first kappa shape index (κ1) is 15.7. The Morgan fingerprint density at radius 3 is 1.00 bits per heavy atom. The van der Waals surface area contributed by atoms with Gasteiger partial charge in [-0.1, -0.05) is 0 Å². The van der Waals surface area contributed by atoms with E-state index in [1.54, 1.807) is 0 Å². The van der Waals surface area contributed by atoms with Crippen LogP contribution in [0, 0.1) is 0 Å². The summed E-state index contributed by atoms with van der Waals surface area (Å²) < 4.78 is 29.0. The van der Waals surface area contributed by atoms with Crippen LogP contribution in [-0.2, 0) is 21.7 Å². The fourth-order valence-electron chi connectivity index (χ4n) is 0. The van der Waals surface area contributed by atoms with Crippen molar-refractivity contribution < 1.29 is 34.7 Å². The molecule has 0 nitrogen and oxygen atoms in total. The van der Waals surface area contributed by atoms with Crippen molar-refractivity contribution in [2.75, 3.05) is 0 Å². The Balaban J connectivity index is -0.0000000450. The summed E-state index contributed by atoms with van der Waals surface area (Å²) in [5.41, 5.74) is 0. The first-order valence-electron chi connectivity index (χ1n) is 0.655. The minimum absolute atomic E-state index is 0. The summed E-state index contributed by atoms with van der Waals surface area (Å²) in [6.07, 6.45) is 0. The number of rotatable bonds is 0. The summed E-state index contributed by atoms with van der Waals surface area (Å²) in [6.45, 7) is 0. The van der Waals surface area contributed by atoms with E-state index >= 15 is 0 Å². The molecule has 0 aliphatic heterocycles. The van der Waals surface area contributed by atoms with Crippen molar-refractivity contribution in [2.45, 2.75) is 0 Å². The molecule has 0 amide bonds. The van der Waals surface area contributed by atoms with E-state index in [1.165, 1.54) is 0 Å². The summed E-state index contributed by atoms with van der Waals surface area (Å²) in [5.74, 6) is 0. The van der Waals surface area contributed by atoms with Gasteiger partial charge in [0.25, 0.3) is 0 Å². The molecule has 0 fully saturated rings. The molecule has 0 aromatic carbocycles. The van der Waals surface area contributed by atoms with E-state index < -0.39 is 7.54 Å². The zero-order valence-electron chi connectivity index (χ0n) is 2.21. The van der Waals surface area contributed by atoms with Crippen molar-refractivity contribution >= 4 is 24.9 Å². The average molecular weight is 146 g/mol. The summed E-state index contributed by atoms with van der Waals surface area (Å²) in [7, 11) is -3.67. The molecule has 6 heavy (non-hydrogen) atoms. The molecule has 0 N–H and O–H groups in total. The minimum Gasteiger partial charge on any atom is -0.254 e. The van der Waals surface area contributed by atoms with Crippen LogP contribution < -0.4 is 0 Å². The Morgan fingerprint density at radius 1 is 1.00 bits per heavy atom. The predicted molar refractivity (Wildman–Crippen MR) is 19.0 cm³/mol. The topological polar surface area (TPSA) is 0 Å². The number of hydrogen-bond donors (Lipinski definition) is 0. The molecule has 0 aromatic heterocycles. The van der Waals surface area contributed by atoms with Crippen LogP contribution in [0.5, 0.6) is 0 Å². The first-order chi connectivity index (χ1) is 1.73. The molecule has 34 valence electrons. The Kier molecular flexibility index (Phi) is 24.7.